The van der Waals surface area contributed by atoms with Crippen LogP contribution in [0.5, 0.6) is 5.75 Å². The normalized spacial score (nSPS) is 11.2. The Hall–Kier alpha value is -1.47. The molecule has 0 aliphatic carbocycles. The molecular weight excluding hydrogens is 287 g/mol. The summed E-state index contributed by atoms with van der Waals surface area (Å²) < 4.78 is 40.3. The zero-order valence-electron chi connectivity index (χ0n) is 9.88. The van der Waals surface area contributed by atoms with E-state index in [1.165, 1.54) is 0 Å². The molecule has 0 saturated carbocycles. The molecule has 19 heavy (non-hydrogen) atoms. The van der Waals surface area contributed by atoms with Gasteiger partial charge in [-0.25, -0.2) is 5.48 Å². The molecule has 0 fully saturated rings. The Bertz CT molecular complexity index is 451. The van der Waals surface area contributed by atoms with Crippen LogP contribution < -0.4 is 10.2 Å². The highest BCUT2D eigenvalue weighted by molar-refractivity contribution is 6.30. The quantitative estimate of drug-likeness (QED) is 0.850. The van der Waals surface area contributed by atoms with E-state index in [0.29, 0.717) is 16.3 Å². The standard InChI is InChI=1S/C11H11ClF3NO3/c1-7-4-8(12)2-3-9(7)18-5-10(17)16-19-6-11(13,14)15/h2-4H,5-6H2,1H3,(H,16,17). The minimum Gasteiger partial charge on any atom is -0.483 e. The Labute approximate surface area is 112 Å². The van der Waals surface area contributed by atoms with Crippen molar-refractivity contribution in [2.24, 2.45) is 0 Å². The molecule has 1 amide bonds. The molecule has 0 atom stereocenters. The van der Waals surface area contributed by atoms with E-state index in [2.05, 4.69) is 4.84 Å². The highest BCUT2D eigenvalue weighted by Gasteiger charge is 2.28. The Morgan fingerprint density at radius 2 is 2.11 bits per heavy atom. The van der Waals surface area contributed by atoms with Gasteiger partial charge in [0.15, 0.2) is 13.2 Å². The second-order valence-corrected chi connectivity index (χ2v) is 4.06. The topological polar surface area (TPSA) is 47.6 Å². The Morgan fingerprint density at radius 1 is 1.42 bits per heavy atom. The molecule has 1 aromatic rings. The lowest BCUT2D eigenvalue weighted by Crippen LogP contribution is -2.32. The molecule has 0 heterocycles. The number of nitrogens with one attached hydrogen (secondary N) is 1. The fraction of sp³-hybridized carbons (Fsp3) is 0.364. The van der Waals surface area contributed by atoms with Crippen molar-refractivity contribution >= 4 is 17.5 Å². The molecule has 106 valence electrons. The van der Waals surface area contributed by atoms with Crippen LogP contribution in [0.4, 0.5) is 13.2 Å². The first-order chi connectivity index (χ1) is 8.78. The Morgan fingerprint density at radius 3 is 2.68 bits per heavy atom. The predicted octanol–water partition coefficient (Wildman–Crippen LogP) is 2.64. The third-order valence-corrected chi connectivity index (χ3v) is 2.15. The van der Waals surface area contributed by atoms with Crippen LogP contribution in [0.15, 0.2) is 18.2 Å². The van der Waals surface area contributed by atoms with E-state index in [1.807, 2.05) is 0 Å². The fourth-order valence-corrected chi connectivity index (χ4v) is 1.37. The maximum atomic E-state index is 11.7. The average Bonchev–Trinajstić information content (AvgIpc) is 2.26. The van der Waals surface area contributed by atoms with E-state index in [0.717, 1.165) is 0 Å². The lowest BCUT2D eigenvalue weighted by atomic mass is 10.2. The van der Waals surface area contributed by atoms with Gasteiger partial charge in [0.25, 0.3) is 5.91 Å². The van der Waals surface area contributed by atoms with Crippen LogP contribution in [0.2, 0.25) is 5.02 Å². The first-order valence-electron chi connectivity index (χ1n) is 5.14. The maximum absolute atomic E-state index is 11.7. The van der Waals surface area contributed by atoms with Crippen molar-refractivity contribution in [1.29, 1.82) is 0 Å². The maximum Gasteiger partial charge on any atom is 0.414 e. The molecule has 0 aliphatic heterocycles. The number of halogens is 4. The number of alkyl halides is 3. The van der Waals surface area contributed by atoms with E-state index < -0.39 is 25.3 Å². The zero-order chi connectivity index (χ0) is 14.5. The lowest BCUT2D eigenvalue weighted by molar-refractivity contribution is -0.192. The molecule has 0 saturated heterocycles. The first kappa shape index (κ1) is 15.6. The van der Waals surface area contributed by atoms with Crippen LogP contribution >= 0.6 is 11.6 Å². The van der Waals surface area contributed by atoms with E-state index in [-0.39, 0.29) is 0 Å². The van der Waals surface area contributed by atoms with E-state index in [1.54, 1.807) is 30.6 Å². The summed E-state index contributed by atoms with van der Waals surface area (Å²) in [7, 11) is 0. The smallest absolute Gasteiger partial charge is 0.414 e. The molecule has 4 nitrogen and oxygen atoms in total. The Balaban J connectivity index is 2.34. The summed E-state index contributed by atoms with van der Waals surface area (Å²) in [6, 6.07) is 4.76. The van der Waals surface area contributed by atoms with E-state index in [9.17, 15) is 18.0 Å². The van der Waals surface area contributed by atoms with Crippen LogP contribution in [-0.2, 0) is 9.63 Å². The number of ether oxygens (including phenoxy) is 1. The van der Waals surface area contributed by atoms with Crippen molar-refractivity contribution in [3.63, 3.8) is 0 Å². The van der Waals surface area contributed by atoms with E-state index >= 15 is 0 Å². The third kappa shape index (κ3) is 6.30. The molecule has 0 radical (unpaired) electrons. The summed E-state index contributed by atoms with van der Waals surface area (Å²) in [5.41, 5.74) is 2.34. The summed E-state index contributed by atoms with van der Waals surface area (Å²) in [6.45, 7) is -0.293. The van der Waals surface area contributed by atoms with E-state index in [4.69, 9.17) is 16.3 Å². The van der Waals surface area contributed by atoms with Gasteiger partial charge in [-0.3, -0.25) is 9.63 Å². The highest BCUT2D eigenvalue weighted by Crippen LogP contribution is 2.21. The number of benzene rings is 1. The number of hydrogen-bond donors (Lipinski definition) is 1. The van der Waals surface area contributed by atoms with Gasteiger partial charge in [0.05, 0.1) is 0 Å². The van der Waals surface area contributed by atoms with Crippen molar-refractivity contribution in [2.75, 3.05) is 13.2 Å². The van der Waals surface area contributed by atoms with Gasteiger partial charge in [0.2, 0.25) is 0 Å². The minimum atomic E-state index is -4.50. The van der Waals surface area contributed by atoms with Crippen molar-refractivity contribution in [1.82, 2.24) is 5.48 Å². The van der Waals surface area contributed by atoms with Crippen molar-refractivity contribution in [3.05, 3.63) is 28.8 Å². The van der Waals surface area contributed by atoms with Gasteiger partial charge in [-0.1, -0.05) is 11.6 Å². The third-order valence-electron chi connectivity index (χ3n) is 1.92. The summed E-state index contributed by atoms with van der Waals surface area (Å²) in [5.74, 6) is -0.408. The second-order valence-electron chi connectivity index (χ2n) is 3.63. The molecule has 1 aromatic carbocycles. The summed E-state index contributed by atoms with van der Waals surface area (Å²) in [4.78, 5) is 15.1. The van der Waals surface area contributed by atoms with Crippen molar-refractivity contribution < 1.29 is 27.5 Å². The van der Waals surface area contributed by atoms with Gasteiger partial charge in [-0.05, 0) is 30.7 Å². The van der Waals surface area contributed by atoms with Crippen LogP contribution in [0.1, 0.15) is 5.56 Å². The summed E-state index contributed by atoms with van der Waals surface area (Å²) >= 11 is 5.73. The van der Waals surface area contributed by atoms with Gasteiger partial charge in [-0.2, -0.15) is 13.2 Å². The lowest BCUT2D eigenvalue weighted by Gasteiger charge is -2.10. The predicted molar refractivity (Wildman–Crippen MR) is 61.8 cm³/mol. The second kappa shape index (κ2) is 6.63. The monoisotopic (exact) mass is 297 g/mol. The van der Waals surface area contributed by atoms with Gasteiger partial charge in [0, 0.05) is 5.02 Å². The van der Waals surface area contributed by atoms with Crippen LogP contribution in [0.3, 0.4) is 0 Å². The zero-order valence-corrected chi connectivity index (χ0v) is 10.6. The summed E-state index contributed by atoms with van der Waals surface area (Å²) in [5, 5.41) is 0.516. The number of carbonyl (C=O) groups excluding carboxylic acids is 1. The molecule has 0 bridgehead atoms. The van der Waals surface area contributed by atoms with Gasteiger partial charge in [0.1, 0.15) is 5.75 Å². The number of aryl methyl sites for hydroxylation is 1. The molecule has 0 spiro atoms. The SMILES string of the molecule is Cc1cc(Cl)ccc1OCC(=O)NOCC(F)(F)F. The number of hydrogen-bond acceptors (Lipinski definition) is 3. The van der Waals surface area contributed by atoms with Crippen molar-refractivity contribution in [2.45, 2.75) is 13.1 Å². The largest absolute Gasteiger partial charge is 0.483 e. The average molecular weight is 298 g/mol. The van der Waals surface area contributed by atoms with Gasteiger partial charge in [-0.15, -0.1) is 0 Å². The first-order valence-corrected chi connectivity index (χ1v) is 5.52. The summed E-state index contributed by atoms with van der Waals surface area (Å²) in [6.07, 6.45) is -4.50. The molecule has 1 N–H and O–H groups in total. The molecule has 0 aromatic heterocycles. The number of hydroxylamine groups is 1. The van der Waals surface area contributed by atoms with Crippen molar-refractivity contribution in [3.8, 4) is 5.75 Å². The molecular formula is C11H11ClF3NO3. The van der Waals surface area contributed by atoms with Crippen LogP contribution in [-0.4, -0.2) is 25.3 Å². The van der Waals surface area contributed by atoms with Crippen LogP contribution in [0.25, 0.3) is 0 Å². The Kier molecular flexibility index (Phi) is 5.44. The van der Waals surface area contributed by atoms with Gasteiger partial charge < -0.3 is 4.74 Å². The molecule has 0 aliphatic rings. The van der Waals surface area contributed by atoms with Crippen LogP contribution in [0, 0.1) is 6.92 Å². The van der Waals surface area contributed by atoms with Gasteiger partial charge >= 0.3 is 6.18 Å². The fourth-order valence-electron chi connectivity index (χ4n) is 1.15. The number of amides is 1. The number of carbonyl (C=O) groups is 1. The number of rotatable bonds is 5. The minimum absolute atomic E-state index is 0.412. The molecule has 1 rings (SSSR count). The molecule has 8 heteroatoms. The molecule has 0 unspecified atom stereocenters. The highest BCUT2D eigenvalue weighted by atomic mass is 35.5.